The summed E-state index contributed by atoms with van der Waals surface area (Å²) in [5, 5.41) is 6.07. The molecule has 0 spiro atoms. The number of imide groups is 1. The van der Waals surface area contributed by atoms with Gasteiger partial charge >= 0.3 is 12.2 Å². The number of carbonyl (C=O) groups is 3. The van der Waals surface area contributed by atoms with Gasteiger partial charge in [-0.15, -0.1) is 0 Å². The van der Waals surface area contributed by atoms with E-state index in [0.717, 1.165) is 18.8 Å². The number of rotatable bonds is 8. The Bertz CT molecular complexity index is 752. The van der Waals surface area contributed by atoms with Crippen molar-refractivity contribution in [1.82, 2.24) is 15.5 Å². The van der Waals surface area contributed by atoms with E-state index in [4.69, 9.17) is 4.74 Å². The first-order valence-electron chi connectivity index (χ1n) is 9.75. The maximum absolute atomic E-state index is 12.3. The number of halogens is 3. The zero-order valence-corrected chi connectivity index (χ0v) is 17.1. The number of hydrogen-bond donors (Lipinski definition) is 3. The van der Waals surface area contributed by atoms with E-state index < -0.39 is 24.7 Å². The first-order chi connectivity index (χ1) is 14.7. The van der Waals surface area contributed by atoms with Gasteiger partial charge in [0, 0.05) is 24.5 Å². The third-order valence-corrected chi connectivity index (χ3v) is 4.41. The molecule has 12 heteroatoms. The predicted molar refractivity (Wildman–Crippen MR) is 108 cm³/mol. The maximum atomic E-state index is 12.3. The van der Waals surface area contributed by atoms with Crippen molar-refractivity contribution in [3.8, 4) is 0 Å². The molecule has 0 saturated carbocycles. The molecule has 4 amide bonds. The van der Waals surface area contributed by atoms with Gasteiger partial charge in [-0.3, -0.25) is 19.8 Å². The van der Waals surface area contributed by atoms with Crippen molar-refractivity contribution in [2.45, 2.75) is 13.1 Å². The predicted octanol–water partition coefficient (Wildman–Crippen LogP) is 1.17. The molecule has 1 aromatic carbocycles. The maximum Gasteiger partial charge on any atom is 0.405 e. The summed E-state index contributed by atoms with van der Waals surface area (Å²) in [5.74, 6) is -1.18. The Morgan fingerprint density at radius 2 is 1.68 bits per heavy atom. The van der Waals surface area contributed by atoms with E-state index in [1.54, 1.807) is 29.7 Å². The van der Waals surface area contributed by atoms with E-state index in [9.17, 15) is 27.6 Å². The van der Waals surface area contributed by atoms with Crippen LogP contribution in [0.1, 0.15) is 6.92 Å². The van der Waals surface area contributed by atoms with Gasteiger partial charge in [0.1, 0.15) is 6.54 Å². The number of hydrogen-bond acceptors (Lipinski definition) is 6. The minimum Gasteiger partial charge on any atom is -0.378 e. The van der Waals surface area contributed by atoms with Crippen LogP contribution in [0.15, 0.2) is 24.3 Å². The van der Waals surface area contributed by atoms with Gasteiger partial charge in [-0.05, 0) is 30.8 Å². The van der Waals surface area contributed by atoms with Crippen molar-refractivity contribution in [2.24, 2.45) is 0 Å². The molecule has 1 aliphatic rings. The summed E-state index contributed by atoms with van der Waals surface area (Å²) in [6.45, 7) is 2.98. The van der Waals surface area contributed by atoms with Gasteiger partial charge in [0.15, 0.2) is 0 Å². The Labute approximate surface area is 177 Å². The molecule has 0 radical (unpaired) electrons. The fraction of sp³-hybridized carbons (Fsp3) is 0.526. The molecule has 1 heterocycles. The van der Waals surface area contributed by atoms with Gasteiger partial charge in [-0.1, -0.05) is 6.92 Å². The normalized spacial score (nSPS) is 14.3. The minimum atomic E-state index is -4.58. The topological polar surface area (TPSA) is 103 Å². The van der Waals surface area contributed by atoms with E-state index in [0.29, 0.717) is 25.4 Å². The van der Waals surface area contributed by atoms with Crippen LogP contribution >= 0.6 is 0 Å². The van der Waals surface area contributed by atoms with Crippen LogP contribution < -0.4 is 20.9 Å². The standard InChI is InChI=1S/C19H26F3N5O4/c1-2-26(12-17(29)25-18(30)23-13-19(20,21)22)11-16(28)24-14-3-5-15(6-4-14)27-7-9-31-10-8-27/h3-6H,2,7-13H2,1H3,(H,24,28)(H2,23,25,29,30). The van der Waals surface area contributed by atoms with Crippen LogP contribution in [-0.4, -0.2) is 81.4 Å². The lowest BCUT2D eigenvalue weighted by Crippen LogP contribution is -2.47. The highest BCUT2D eigenvalue weighted by Gasteiger charge is 2.28. The molecule has 0 atom stereocenters. The molecule has 9 nitrogen and oxygen atoms in total. The highest BCUT2D eigenvalue weighted by Crippen LogP contribution is 2.19. The Morgan fingerprint density at radius 1 is 1.06 bits per heavy atom. The lowest BCUT2D eigenvalue weighted by Gasteiger charge is -2.29. The summed E-state index contributed by atoms with van der Waals surface area (Å²) in [7, 11) is 0. The Morgan fingerprint density at radius 3 is 2.26 bits per heavy atom. The smallest absolute Gasteiger partial charge is 0.378 e. The number of likely N-dealkylation sites (N-methyl/N-ethyl adjacent to an activating group) is 1. The number of alkyl halides is 3. The van der Waals surface area contributed by atoms with Crippen LogP contribution in [0.25, 0.3) is 0 Å². The zero-order valence-electron chi connectivity index (χ0n) is 17.1. The molecular formula is C19H26F3N5O4. The molecule has 0 aliphatic carbocycles. The van der Waals surface area contributed by atoms with Gasteiger partial charge in [-0.25, -0.2) is 4.79 Å². The summed E-state index contributed by atoms with van der Waals surface area (Å²) in [5.41, 5.74) is 1.62. The average Bonchev–Trinajstić information content (AvgIpc) is 2.72. The molecule has 1 fully saturated rings. The molecule has 1 saturated heterocycles. The van der Waals surface area contributed by atoms with Crippen LogP contribution in [0.3, 0.4) is 0 Å². The fourth-order valence-corrected chi connectivity index (χ4v) is 2.85. The van der Waals surface area contributed by atoms with Crippen LogP contribution in [-0.2, 0) is 14.3 Å². The average molecular weight is 445 g/mol. The van der Waals surface area contributed by atoms with Crippen LogP contribution in [0.4, 0.5) is 29.3 Å². The van der Waals surface area contributed by atoms with Crippen molar-refractivity contribution in [1.29, 1.82) is 0 Å². The molecule has 1 aliphatic heterocycles. The third kappa shape index (κ3) is 9.22. The number of ether oxygens (including phenoxy) is 1. The summed E-state index contributed by atoms with van der Waals surface area (Å²) >= 11 is 0. The molecule has 172 valence electrons. The zero-order chi connectivity index (χ0) is 22.9. The second kappa shape index (κ2) is 11.5. The van der Waals surface area contributed by atoms with Crippen LogP contribution in [0.2, 0.25) is 0 Å². The van der Waals surface area contributed by atoms with Gasteiger partial charge in [-0.2, -0.15) is 13.2 Å². The summed E-state index contributed by atoms with van der Waals surface area (Å²) in [6, 6.07) is 6.09. The fourth-order valence-electron chi connectivity index (χ4n) is 2.85. The van der Waals surface area contributed by atoms with E-state index >= 15 is 0 Å². The van der Waals surface area contributed by atoms with Gasteiger partial charge in [0.05, 0.1) is 26.3 Å². The lowest BCUT2D eigenvalue weighted by molar-refractivity contribution is -0.125. The number of anilines is 2. The Hall–Kier alpha value is -2.86. The number of nitrogens with zero attached hydrogens (tertiary/aromatic N) is 2. The molecule has 0 unspecified atom stereocenters. The number of nitrogens with one attached hydrogen (secondary N) is 3. The second-order valence-electron chi connectivity index (χ2n) is 6.84. The molecule has 0 bridgehead atoms. The molecule has 3 N–H and O–H groups in total. The van der Waals surface area contributed by atoms with E-state index in [2.05, 4.69) is 10.2 Å². The van der Waals surface area contributed by atoms with Crippen molar-refractivity contribution in [2.75, 3.05) is 62.7 Å². The lowest BCUT2D eigenvalue weighted by atomic mass is 10.2. The van der Waals surface area contributed by atoms with Crippen molar-refractivity contribution in [3.63, 3.8) is 0 Å². The largest absolute Gasteiger partial charge is 0.405 e. The van der Waals surface area contributed by atoms with Crippen molar-refractivity contribution < 1.29 is 32.3 Å². The number of benzene rings is 1. The third-order valence-electron chi connectivity index (χ3n) is 4.41. The summed E-state index contributed by atoms with van der Waals surface area (Å²) < 4.78 is 41.5. The minimum absolute atomic E-state index is 0.126. The number of urea groups is 1. The van der Waals surface area contributed by atoms with Gasteiger partial charge < -0.3 is 20.3 Å². The number of carbonyl (C=O) groups excluding carboxylic acids is 3. The summed E-state index contributed by atoms with van der Waals surface area (Å²) in [6.07, 6.45) is -4.58. The van der Waals surface area contributed by atoms with Crippen LogP contribution in [0.5, 0.6) is 0 Å². The van der Waals surface area contributed by atoms with Gasteiger partial charge in [0.25, 0.3) is 0 Å². The number of amides is 4. The first-order valence-corrected chi connectivity index (χ1v) is 9.75. The highest BCUT2D eigenvalue weighted by molar-refractivity contribution is 5.96. The number of morpholine rings is 1. The Balaban J connectivity index is 1.77. The monoisotopic (exact) mass is 445 g/mol. The second-order valence-corrected chi connectivity index (χ2v) is 6.84. The molecular weight excluding hydrogens is 419 g/mol. The SMILES string of the molecule is CCN(CC(=O)NC(=O)NCC(F)(F)F)CC(=O)Nc1ccc(N2CCOCC2)cc1. The van der Waals surface area contributed by atoms with Crippen molar-refractivity contribution in [3.05, 3.63) is 24.3 Å². The Kier molecular flexibility index (Phi) is 9.06. The quantitative estimate of drug-likeness (QED) is 0.555. The van der Waals surface area contributed by atoms with E-state index in [1.165, 1.54) is 4.90 Å². The van der Waals surface area contributed by atoms with Crippen molar-refractivity contribution >= 4 is 29.2 Å². The van der Waals surface area contributed by atoms with E-state index in [1.807, 2.05) is 12.1 Å². The highest BCUT2D eigenvalue weighted by atomic mass is 19.4. The molecule has 1 aromatic rings. The summed E-state index contributed by atoms with van der Waals surface area (Å²) in [4.78, 5) is 39.1. The van der Waals surface area contributed by atoms with E-state index in [-0.39, 0.29) is 19.0 Å². The molecule has 31 heavy (non-hydrogen) atoms. The van der Waals surface area contributed by atoms with Gasteiger partial charge in [0.2, 0.25) is 11.8 Å². The molecule has 0 aromatic heterocycles. The molecule has 2 rings (SSSR count). The van der Waals surface area contributed by atoms with Crippen LogP contribution in [0, 0.1) is 0 Å². The first kappa shape index (κ1) is 24.4.